The minimum absolute atomic E-state index is 0.183. The van der Waals surface area contributed by atoms with Gasteiger partial charge >= 0.3 is 0 Å². The minimum Gasteiger partial charge on any atom is -0.490 e. The molecule has 0 bridgehead atoms. The highest BCUT2D eigenvalue weighted by atomic mass is 16.5. The van der Waals surface area contributed by atoms with Crippen LogP contribution in [-0.4, -0.2) is 19.3 Å². The predicted octanol–water partition coefficient (Wildman–Crippen LogP) is 2.77. The Morgan fingerprint density at radius 2 is 2.05 bits per heavy atom. The van der Waals surface area contributed by atoms with Gasteiger partial charge in [-0.1, -0.05) is 13.0 Å². The first-order valence-corrected chi connectivity index (χ1v) is 6.78. The van der Waals surface area contributed by atoms with Crippen LogP contribution in [0.2, 0.25) is 0 Å². The number of rotatable bonds is 8. The van der Waals surface area contributed by atoms with Gasteiger partial charge in [-0.25, -0.2) is 0 Å². The summed E-state index contributed by atoms with van der Waals surface area (Å²) in [5.74, 6) is 4.06. The van der Waals surface area contributed by atoms with Crippen LogP contribution in [0.5, 0.6) is 11.5 Å². The van der Waals surface area contributed by atoms with Gasteiger partial charge in [-0.2, -0.15) is 0 Å². The number of terminal acetylenes is 1. The van der Waals surface area contributed by atoms with E-state index < -0.39 is 0 Å². The zero-order chi connectivity index (χ0) is 14.1. The molecule has 0 spiro atoms. The van der Waals surface area contributed by atoms with Gasteiger partial charge in [0.1, 0.15) is 0 Å². The van der Waals surface area contributed by atoms with Gasteiger partial charge in [-0.05, 0) is 37.5 Å². The Hall–Kier alpha value is -1.66. The topological polar surface area (TPSA) is 44.5 Å². The van der Waals surface area contributed by atoms with Crippen molar-refractivity contribution in [2.45, 2.75) is 39.2 Å². The van der Waals surface area contributed by atoms with E-state index in [1.807, 2.05) is 25.1 Å². The lowest BCUT2D eigenvalue weighted by atomic mass is 10.0. The molecule has 1 aromatic carbocycles. The molecule has 1 atom stereocenters. The van der Waals surface area contributed by atoms with Crippen molar-refractivity contribution in [3.63, 3.8) is 0 Å². The van der Waals surface area contributed by atoms with E-state index in [9.17, 15) is 0 Å². The summed E-state index contributed by atoms with van der Waals surface area (Å²) in [5.41, 5.74) is 7.14. The molecule has 3 nitrogen and oxygen atoms in total. The molecule has 0 aliphatic heterocycles. The Balaban J connectivity index is 2.78. The monoisotopic (exact) mass is 261 g/mol. The maximum absolute atomic E-state index is 5.97. The predicted molar refractivity (Wildman–Crippen MR) is 78.5 cm³/mol. The Morgan fingerprint density at radius 1 is 1.26 bits per heavy atom. The average molecular weight is 261 g/mol. The number of hydrogen-bond donors (Lipinski definition) is 1. The van der Waals surface area contributed by atoms with Gasteiger partial charge in [0.25, 0.3) is 0 Å². The smallest absolute Gasteiger partial charge is 0.161 e. The number of hydrogen-bond acceptors (Lipinski definition) is 3. The standard InChI is InChI=1S/C16H23NO2/c1-4-7-10-19-15-9-8-13(11-14(17)5-2)12-16(15)18-6-3/h1,8-9,12,14H,5-7,10-11,17H2,2-3H3. The highest BCUT2D eigenvalue weighted by Crippen LogP contribution is 2.29. The van der Waals surface area contributed by atoms with Crippen molar-refractivity contribution in [2.24, 2.45) is 5.73 Å². The molecule has 0 saturated heterocycles. The molecule has 0 aliphatic carbocycles. The van der Waals surface area contributed by atoms with Gasteiger partial charge in [0.15, 0.2) is 11.5 Å². The minimum atomic E-state index is 0.183. The Morgan fingerprint density at radius 3 is 2.68 bits per heavy atom. The summed E-state index contributed by atoms with van der Waals surface area (Å²) in [6.07, 6.45) is 7.61. The second-order valence-corrected chi connectivity index (χ2v) is 4.39. The van der Waals surface area contributed by atoms with E-state index in [-0.39, 0.29) is 6.04 Å². The van der Waals surface area contributed by atoms with Gasteiger partial charge in [-0.15, -0.1) is 12.3 Å². The van der Waals surface area contributed by atoms with Crippen LogP contribution >= 0.6 is 0 Å². The molecule has 0 saturated carbocycles. The van der Waals surface area contributed by atoms with Gasteiger partial charge in [0, 0.05) is 12.5 Å². The fourth-order valence-electron chi connectivity index (χ4n) is 1.73. The Labute approximate surface area is 116 Å². The largest absolute Gasteiger partial charge is 0.490 e. The molecule has 19 heavy (non-hydrogen) atoms. The highest BCUT2D eigenvalue weighted by Gasteiger charge is 2.08. The highest BCUT2D eigenvalue weighted by molar-refractivity contribution is 5.43. The van der Waals surface area contributed by atoms with Gasteiger partial charge in [0.2, 0.25) is 0 Å². The van der Waals surface area contributed by atoms with Crippen LogP contribution in [0.4, 0.5) is 0 Å². The van der Waals surface area contributed by atoms with Crippen LogP contribution in [0, 0.1) is 12.3 Å². The summed E-state index contributed by atoms with van der Waals surface area (Å²) in [5, 5.41) is 0. The molecule has 1 unspecified atom stereocenters. The number of nitrogens with two attached hydrogens (primary N) is 1. The van der Waals surface area contributed by atoms with E-state index in [1.165, 1.54) is 5.56 Å². The van der Waals surface area contributed by atoms with E-state index >= 15 is 0 Å². The summed E-state index contributed by atoms with van der Waals surface area (Å²) >= 11 is 0. The van der Waals surface area contributed by atoms with Crippen LogP contribution in [0.15, 0.2) is 18.2 Å². The van der Waals surface area contributed by atoms with Crippen molar-refractivity contribution in [3.8, 4) is 23.8 Å². The van der Waals surface area contributed by atoms with Crippen molar-refractivity contribution in [1.29, 1.82) is 0 Å². The quantitative estimate of drug-likeness (QED) is 0.578. The molecule has 104 valence electrons. The first kappa shape index (κ1) is 15.4. The lowest BCUT2D eigenvalue weighted by Crippen LogP contribution is -2.21. The fourth-order valence-corrected chi connectivity index (χ4v) is 1.73. The first-order chi connectivity index (χ1) is 9.21. The third-order valence-electron chi connectivity index (χ3n) is 2.83. The molecular formula is C16H23NO2. The van der Waals surface area contributed by atoms with Gasteiger partial charge < -0.3 is 15.2 Å². The molecule has 3 heteroatoms. The van der Waals surface area contributed by atoms with E-state index in [2.05, 4.69) is 12.8 Å². The molecule has 0 amide bonds. The maximum Gasteiger partial charge on any atom is 0.161 e. The number of benzene rings is 1. The summed E-state index contributed by atoms with van der Waals surface area (Å²) in [7, 11) is 0. The van der Waals surface area contributed by atoms with E-state index in [0.717, 1.165) is 24.3 Å². The molecule has 0 aromatic heterocycles. The lowest BCUT2D eigenvalue weighted by molar-refractivity contribution is 0.281. The molecule has 1 rings (SSSR count). The zero-order valence-corrected chi connectivity index (χ0v) is 11.8. The third kappa shape index (κ3) is 5.23. The van der Waals surface area contributed by atoms with Crippen molar-refractivity contribution in [3.05, 3.63) is 23.8 Å². The van der Waals surface area contributed by atoms with Crippen LogP contribution in [0.3, 0.4) is 0 Å². The second-order valence-electron chi connectivity index (χ2n) is 4.39. The SMILES string of the molecule is C#CCCOc1ccc(CC(N)CC)cc1OCC. The van der Waals surface area contributed by atoms with E-state index in [1.54, 1.807) is 0 Å². The summed E-state index contributed by atoms with van der Waals surface area (Å²) in [4.78, 5) is 0. The van der Waals surface area contributed by atoms with Crippen LogP contribution in [-0.2, 0) is 6.42 Å². The average Bonchev–Trinajstić information content (AvgIpc) is 2.41. The number of ether oxygens (including phenoxy) is 2. The summed E-state index contributed by atoms with van der Waals surface area (Å²) in [6.45, 7) is 5.15. The molecule has 1 aromatic rings. The van der Waals surface area contributed by atoms with Crippen LogP contribution < -0.4 is 15.2 Å². The van der Waals surface area contributed by atoms with Crippen LogP contribution in [0.1, 0.15) is 32.3 Å². The van der Waals surface area contributed by atoms with E-state index in [4.69, 9.17) is 21.6 Å². The third-order valence-corrected chi connectivity index (χ3v) is 2.83. The van der Waals surface area contributed by atoms with Crippen molar-refractivity contribution < 1.29 is 9.47 Å². The van der Waals surface area contributed by atoms with Crippen molar-refractivity contribution in [2.75, 3.05) is 13.2 Å². The maximum atomic E-state index is 5.97. The Bertz CT molecular complexity index is 423. The molecular weight excluding hydrogens is 238 g/mol. The first-order valence-electron chi connectivity index (χ1n) is 6.78. The molecule has 0 heterocycles. The molecule has 0 fully saturated rings. The fraction of sp³-hybridized carbons (Fsp3) is 0.500. The molecule has 0 aliphatic rings. The molecule has 2 N–H and O–H groups in total. The normalized spacial score (nSPS) is 11.7. The lowest BCUT2D eigenvalue weighted by Gasteiger charge is -2.14. The van der Waals surface area contributed by atoms with Crippen LogP contribution in [0.25, 0.3) is 0 Å². The van der Waals surface area contributed by atoms with Gasteiger partial charge in [0.05, 0.1) is 13.2 Å². The summed E-state index contributed by atoms with van der Waals surface area (Å²) < 4.78 is 11.2. The second kappa shape index (κ2) is 8.44. The van der Waals surface area contributed by atoms with Crippen molar-refractivity contribution in [1.82, 2.24) is 0 Å². The van der Waals surface area contributed by atoms with Crippen molar-refractivity contribution >= 4 is 0 Å². The zero-order valence-electron chi connectivity index (χ0n) is 11.8. The van der Waals surface area contributed by atoms with E-state index in [0.29, 0.717) is 19.6 Å². The summed E-state index contributed by atoms with van der Waals surface area (Å²) in [6, 6.07) is 6.15. The molecule has 0 radical (unpaired) electrons. The Kier molecular flexibility index (Phi) is 6.84. The van der Waals surface area contributed by atoms with Gasteiger partial charge in [-0.3, -0.25) is 0 Å².